The summed E-state index contributed by atoms with van der Waals surface area (Å²) in [6, 6.07) is 0. The van der Waals surface area contributed by atoms with E-state index < -0.39 is 0 Å². The van der Waals surface area contributed by atoms with Crippen LogP contribution in [0.1, 0.15) is 59.3 Å². The highest BCUT2D eigenvalue weighted by Crippen LogP contribution is 2.19. The van der Waals surface area contributed by atoms with E-state index in [0.717, 1.165) is 45.2 Å². The van der Waals surface area contributed by atoms with Crippen LogP contribution in [0.3, 0.4) is 0 Å². The summed E-state index contributed by atoms with van der Waals surface area (Å²) < 4.78 is 0. The Bertz CT molecular complexity index is 313. The summed E-state index contributed by atoms with van der Waals surface area (Å²) in [5.74, 6) is 0.384. The van der Waals surface area contributed by atoms with Crippen molar-refractivity contribution in [3.8, 4) is 0 Å². The summed E-state index contributed by atoms with van der Waals surface area (Å²) in [5.41, 5.74) is -0.293. The van der Waals surface area contributed by atoms with Crippen LogP contribution in [0, 0.1) is 5.41 Å². The highest BCUT2D eigenvalue weighted by molar-refractivity contribution is 5.81. The molecule has 1 aliphatic rings. The Kier molecular flexibility index (Phi) is 6.32. The lowest BCUT2D eigenvalue weighted by atomic mass is 9.89. The summed E-state index contributed by atoms with van der Waals surface area (Å²) in [4.78, 5) is 25.6. The molecule has 0 unspecified atom stereocenters. The molecule has 1 saturated heterocycles. The van der Waals surface area contributed by atoms with Crippen LogP contribution in [0.5, 0.6) is 0 Å². The van der Waals surface area contributed by atoms with Crippen LogP contribution < -0.4 is 5.32 Å². The molecule has 0 atom stereocenters. The first-order valence-corrected chi connectivity index (χ1v) is 7.53. The molecule has 1 aliphatic heterocycles. The highest BCUT2D eigenvalue weighted by Gasteiger charge is 2.24. The first-order chi connectivity index (χ1) is 8.97. The third-order valence-electron chi connectivity index (χ3n) is 4.06. The second-order valence-corrected chi connectivity index (χ2v) is 6.04. The normalized spacial score (nSPS) is 17.2. The van der Waals surface area contributed by atoms with Gasteiger partial charge in [-0.1, -0.05) is 27.2 Å². The Hall–Kier alpha value is -1.06. The molecule has 1 fully saturated rings. The smallest absolute Gasteiger partial charge is 0.225 e. The summed E-state index contributed by atoms with van der Waals surface area (Å²) in [6.45, 7) is 8.25. The quantitative estimate of drug-likeness (QED) is 0.752. The molecule has 4 nitrogen and oxygen atoms in total. The maximum Gasteiger partial charge on any atom is 0.225 e. The van der Waals surface area contributed by atoms with Gasteiger partial charge in [0.2, 0.25) is 11.8 Å². The SMILES string of the molecule is CCC(C)(C)C(=O)NCCCN1CCCCCC1=O. The van der Waals surface area contributed by atoms with Gasteiger partial charge in [-0.2, -0.15) is 0 Å². The molecule has 0 aromatic carbocycles. The maximum atomic E-state index is 11.9. The predicted octanol–water partition coefficient (Wildman–Crippen LogP) is 2.33. The van der Waals surface area contributed by atoms with E-state index in [1.54, 1.807) is 0 Å². The summed E-state index contributed by atoms with van der Waals surface area (Å²) >= 11 is 0. The number of hydrogen-bond donors (Lipinski definition) is 1. The van der Waals surface area contributed by atoms with Crippen molar-refractivity contribution in [2.24, 2.45) is 5.41 Å². The van der Waals surface area contributed by atoms with Crippen molar-refractivity contribution in [2.75, 3.05) is 19.6 Å². The van der Waals surface area contributed by atoms with Gasteiger partial charge in [-0.25, -0.2) is 0 Å². The molecule has 0 aromatic heterocycles. The number of carbonyl (C=O) groups excluding carboxylic acids is 2. The van der Waals surface area contributed by atoms with Crippen molar-refractivity contribution < 1.29 is 9.59 Å². The van der Waals surface area contributed by atoms with E-state index in [4.69, 9.17) is 0 Å². The van der Waals surface area contributed by atoms with Crippen LogP contribution >= 0.6 is 0 Å². The van der Waals surface area contributed by atoms with E-state index in [1.165, 1.54) is 0 Å². The van der Waals surface area contributed by atoms with Gasteiger partial charge in [0.15, 0.2) is 0 Å². The Morgan fingerprint density at radius 2 is 2.05 bits per heavy atom. The lowest BCUT2D eigenvalue weighted by Crippen LogP contribution is -2.38. The first kappa shape index (κ1) is 16.0. The molecular formula is C15H28N2O2. The number of hydrogen-bond acceptors (Lipinski definition) is 2. The van der Waals surface area contributed by atoms with E-state index in [0.29, 0.717) is 13.0 Å². The molecule has 0 spiro atoms. The van der Waals surface area contributed by atoms with Crippen LogP contribution in [0.2, 0.25) is 0 Å². The number of likely N-dealkylation sites (tertiary alicyclic amines) is 1. The van der Waals surface area contributed by atoms with Crippen molar-refractivity contribution in [1.82, 2.24) is 10.2 Å². The molecule has 19 heavy (non-hydrogen) atoms. The van der Waals surface area contributed by atoms with E-state index in [-0.39, 0.29) is 17.2 Å². The van der Waals surface area contributed by atoms with Crippen LogP contribution in [-0.2, 0) is 9.59 Å². The Morgan fingerprint density at radius 1 is 1.32 bits per heavy atom. The molecule has 0 aromatic rings. The first-order valence-electron chi connectivity index (χ1n) is 7.53. The van der Waals surface area contributed by atoms with Gasteiger partial charge < -0.3 is 10.2 Å². The monoisotopic (exact) mass is 268 g/mol. The highest BCUT2D eigenvalue weighted by atomic mass is 16.2. The van der Waals surface area contributed by atoms with E-state index in [2.05, 4.69) is 5.32 Å². The zero-order chi connectivity index (χ0) is 14.3. The Morgan fingerprint density at radius 3 is 2.74 bits per heavy atom. The van der Waals surface area contributed by atoms with Gasteiger partial charge in [-0.15, -0.1) is 0 Å². The zero-order valence-corrected chi connectivity index (χ0v) is 12.6. The third-order valence-corrected chi connectivity index (χ3v) is 4.06. The second-order valence-electron chi connectivity index (χ2n) is 6.04. The standard InChI is InChI=1S/C15H28N2O2/c1-4-15(2,3)14(19)16-10-8-12-17-11-7-5-6-9-13(17)18/h4-12H2,1-3H3,(H,16,19). The Balaban J connectivity index is 2.23. The molecule has 0 bridgehead atoms. The van der Waals surface area contributed by atoms with Crippen molar-refractivity contribution in [2.45, 2.75) is 59.3 Å². The largest absolute Gasteiger partial charge is 0.356 e. The number of carbonyl (C=O) groups is 2. The maximum absolute atomic E-state index is 11.9. The minimum absolute atomic E-state index is 0.109. The van der Waals surface area contributed by atoms with E-state index in [1.807, 2.05) is 25.7 Å². The number of nitrogens with zero attached hydrogens (tertiary/aromatic N) is 1. The molecule has 0 aliphatic carbocycles. The molecule has 4 heteroatoms. The molecule has 1 rings (SSSR count). The summed E-state index contributed by atoms with van der Waals surface area (Å²) in [5, 5.41) is 2.97. The van der Waals surface area contributed by atoms with Gasteiger partial charge in [0.05, 0.1) is 0 Å². The fourth-order valence-electron chi connectivity index (χ4n) is 2.15. The lowest BCUT2D eigenvalue weighted by molar-refractivity contribution is -0.130. The van der Waals surface area contributed by atoms with Crippen LogP contribution in [-0.4, -0.2) is 36.3 Å². The molecule has 0 saturated carbocycles. The minimum atomic E-state index is -0.293. The van der Waals surface area contributed by atoms with Crippen LogP contribution in [0.25, 0.3) is 0 Å². The van der Waals surface area contributed by atoms with Crippen LogP contribution in [0.15, 0.2) is 0 Å². The molecule has 1 N–H and O–H groups in total. The Labute approximate surface area is 116 Å². The second kappa shape index (κ2) is 7.51. The van der Waals surface area contributed by atoms with Crippen molar-refractivity contribution in [3.63, 3.8) is 0 Å². The average molecular weight is 268 g/mol. The van der Waals surface area contributed by atoms with Crippen LogP contribution in [0.4, 0.5) is 0 Å². The zero-order valence-electron chi connectivity index (χ0n) is 12.6. The van der Waals surface area contributed by atoms with Gasteiger partial charge in [-0.3, -0.25) is 9.59 Å². The molecule has 110 valence electrons. The van der Waals surface area contributed by atoms with Gasteiger partial charge in [0, 0.05) is 31.5 Å². The number of rotatable bonds is 6. The van der Waals surface area contributed by atoms with Gasteiger partial charge in [0.25, 0.3) is 0 Å². The molecule has 2 amide bonds. The predicted molar refractivity (Wildman–Crippen MR) is 76.7 cm³/mol. The fraction of sp³-hybridized carbons (Fsp3) is 0.867. The van der Waals surface area contributed by atoms with Crippen molar-refractivity contribution >= 4 is 11.8 Å². The van der Waals surface area contributed by atoms with Crippen molar-refractivity contribution in [3.05, 3.63) is 0 Å². The number of nitrogens with one attached hydrogen (secondary N) is 1. The van der Waals surface area contributed by atoms with Crippen molar-refractivity contribution in [1.29, 1.82) is 0 Å². The van der Waals surface area contributed by atoms with E-state index in [9.17, 15) is 9.59 Å². The fourth-order valence-corrected chi connectivity index (χ4v) is 2.15. The summed E-state index contributed by atoms with van der Waals surface area (Å²) in [7, 11) is 0. The summed E-state index contributed by atoms with van der Waals surface area (Å²) in [6.07, 6.45) is 5.66. The third kappa shape index (κ3) is 5.21. The minimum Gasteiger partial charge on any atom is -0.356 e. The molecular weight excluding hydrogens is 240 g/mol. The average Bonchev–Trinajstić information content (AvgIpc) is 2.59. The van der Waals surface area contributed by atoms with E-state index >= 15 is 0 Å². The number of amides is 2. The lowest BCUT2D eigenvalue weighted by Gasteiger charge is -2.23. The molecule has 1 heterocycles. The molecule has 0 radical (unpaired) electrons. The van der Waals surface area contributed by atoms with Gasteiger partial charge in [-0.05, 0) is 25.7 Å². The van der Waals surface area contributed by atoms with Gasteiger partial charge in [0.1, 0.15) is 0 Å². The topological polar surface area (TPSA) is 49.4 Å². The van der Waals surface area contributed by atoms with Gasteiger partial charge >= 0.3 is 0 Å².